The summed E-state index contributed by atoms with van der Waals surface area (Å²) in [5, 5.41) is 13.4. The molecule has 0 bridgehead atoms. The number of rotatable bonds is 10. The average molecular weight is 562 g/mol. The van der Waals surface area contributed by atoms with Crippen molar-refractivity contribution in [2.24, 2.45) is 5.41 Å². The summed E-state index contributed by atoms with van der Waals surface area (Å²) in [4.78, 5) is 46.9. The molecule has 1 aliphatic heterocycles. The van der Waals surface area contributed by atoms with E-state index in [1.54, 1.807) is 11.3 Å². The third kappa shape index (κ3) is 7.43. The number of carbonyl (C=O) groups is 3. The normalized spacial score (nSPS) is 18.0. The van der Waals surface area contributed by atoms with Gasteiger partial charge in [0.05, 0.1) is 28.2 Å². The predicted molar refractivity (Wildman–Crippen MR) is 158 cm³/mol. The SMILES string of the molecule is Cc1ncsc1-c1ccc(CCC(=O)[C@@H]2C[C@@H](O)CN2C(=O)[C@@H](NC(=O)CCc2ccccc2)C(C)(C)C)cc1. The Hall–Kier alpha value is -3.36. The number of Topliss-reactive ketones (excluding diaryl/α,β-unsaturated/α-hetero) is 1. The fourth-order valence-electron chi connectivity index (χ4n) is 5.15. The van der Waals surface area contributed by atoms with Crippen molar-refractivity contribution >= 4 is 28.9 Å². The summed E-state index contributed by atoms with van der Waals surface area (Å²) in [5.74, 6) is -0.605. The van der Waals surface area contributed by atoms with Crippen LogP contribution in [0.1, 0.15) is 56.9 Å². The Morgan fingerprint density at radius 2 is 1.68 bits per heavy atom. The number of ketones is 1. The number of aryl methyl sites for hydroxylation is 3. The Morgan fingerprint density at radius 3 is 2.30 bits per heavy atom. The number of nitrogens with one attached hydrogen (secondary N) is 1. The number of aliphatic hydroxyl groups is 1. The minimum absolute atomic E-state index is 0.0738. The second-order valence-electron chi connectivity index (χ2n) is 11.7. The lowest BCUT2D eigenvalue weighted by Gasteiger charge is -2.35. The first-order chi connectivity index (χ1) is 19.0. The topological polar surface area (TPSA) is 99.6 Å². The van der Waals surface area contributed by atoms with Crippen LogP contribution in [0, 0.1) is 12.3 Å². The molecule has 0 saturated carbocycles. The molecule has 0 spiro atoms. The van der Waals surface area contributed by atoms with E-state index in [1.807, 2.05) is 87.8 Å². The Balaban J connectivity index is 1.38. The molecule has 212 valence electrons. The number of hydrogen-bond donors (Lipinski definition) is 2. The number of aromatic nitrogens is 1. The molecule has 1 fully saturated rings. The van der Waals surface area contributed by atoms with E-state index in [4.69, 9.17) is 0 Å². The molecular weight excluding hydrogens is 522 g/mol. The van der Waals surface area contributed by atoms with Gasteiger partial charge in [-0.2, -0.15) is 0 Å². The number of carbonyl (C=O) groups excluding carboxylic acids is 3. The minimum atomic E-state index is -0.806. The monoisotopic (exact) mass is 561 g/mol. The first-order valence-electron chi connectivity index (χ1n) is 13.9. The Labute approximate surface area is 240 Å². The molecule has 4 rings (SSSR count). The summed E-state index contributed by atoms with van der Waals surface area (Å²) in [6, 6.07) is 16.4. The second-order valence-corrected chi connectivity index (χ2v) is 12.5. The van der Waals surface area contributed by atoms with E-state index >= 15 is 0 Å². The van der Waals surface area contributed by atoms with Crippen LogP contribution in [0.15, 0.2) is 60.1 Å². The van der Waals surface area contributed by atoms with Gasteiger partial charge in [0, 0.05) is 25.8 Å². The van der Waals surface area contributed by atoms with Gasteiger partial charge in [-0.15, -0.1) is 11.3 Å². The molecule has 0 radical (unpaired) electrons. The maximum atomic E-state index is 13.8. The molecule has 3 aromatic rings. The molecule has 2 aromatic carbocycles. The fraction of sp³-hybridized carbons (Fsp3) is 0.438. The van der Waals surface area contributed by atoms with E-state index < -0.39 is 23.6 Å². The van der Waals surface area contributed by atoms with Gasteiger partial charge < -0.3 is 15.3 Å². The van der Waals surface area contributed by atoms with Crippen molar-refractivity contribution in [2.75, 3.05) is 6.54 Å². The highest BCUT2D eigenvalue weighted by Crippen LogP contribution is 2.29. The molecule has 1 saturated heterocycles. The molecule has 8 heteroatoms. The zero-order valence-corrected chi connectivity index (χ0v) is 24.5. The first kappa shape index (κ1) is 29.6. The Morgan fingerprint density at radius 1 is 1.02 bits per heavy atom. The predicted octanol–water partition coefficient (Wildman–Crippen LogP) is 4.75. The standard InChI is InChI=1S/C32H39N3O4S/c1-21-29(40-20-33-21)24-14-10-23(11-15-24)12-16-27(37)26-18-25(36)19-35(26)31(39)30(32(2,3)4)34-28(38)17-13-22-8-6-5-7-9-22/h5-11,14-15,20,25-26,30,36H,12-13,16-19H2,1-4H3,(H,34,38)/t25-,26+,30-/m1/s1. The van der Waals surface area contributed by atoms with Crippen molar-refractivity contribution in [3.63, 3.8) is 0 Å². The lowest BCUT2D eigenvalue weighted by Crippen LogP contribution is -2.56. The van der Waals surface area contributed by atoms with Crippen LogP contribution in [-0.4, -0.2) is 57.3 Å². The van der Waals surface area contributed by atoms with Gasteiger partial charge in [-0.3, -0.25) is 14.4 Å². The van der Waals surface area contributed by atoms with Crippen molar-refractivity contribution in [1.29, 1.82) is 0 Å². The van der Waals surface area contributed by atoms with Crippen molar-refractivity contribution in [2.45, 2.75) is 78.0 Å². The Bertz CT molecular complexity index is 1310. The first-order valence-corrected chi connectivity index (χ1v) is 14.7. The molecule has 40 heavy (non-hydrogen) atoms. The molecule has 2 heterocycles. The fourth-order valence-corrected chi connectivity index (χ4v) is 5.96. The van der Waals surface area contributed by atoms with Crippen LogP contribution in [0.5, 0.6) is 0 Å². The van der Waals surface area contributed by atoms with E-state index in [-0.39, 0.29) is 43.4 Å². The summed E-state index contributed by atoms with van der Waals surface area (Å²) in [5.41, 5.74) is 5.45. The number of benzene rings is 2. The van der Waals surface area contributed by atoms with Gasteiger partial charge in [0.1, 0.15) is 6.04 Å². The third-order valence-electron chi connectivity index (χ3n) is 7.46. The summed E-state index contributed by atoms with van der Waals surface area (Å²) in [6.07, 6.45) is 1.10. The van der Waals surface area contributed by atoms with E-state index in [0.717, 1.165) is 27.3 Å². The number of thiazole rings is 1. The largest absolute Gasteiger partial charge is 0.391 e. The minimum Gasteiger partial charge on any atom is -0.391 e. The molecule has 1 aliphatic rings. The van der Waals surface area contributed by atoms with Gasteiger partial charge in [0.15, 0.2) is 5.78 Å². The van der Waals surface area contributed by atoms with Crippen molar-refractivity contribution in [3.05, 3.63) is 76.9 Å². The number of hydrogen-bond acceptors (Lipinski definition) is 6. The van der Waals surface area contributed by atoms with Gasteiger partial charge in [0.2, 0.25) is 11.8 Å². The molecule has 0 aliphatic carbocycles. The van der Waals surface area contributed by atoms with Crippen LogP contribution in [-0.2, 0) is 27.2 Å². The molecule has 1 aromatic heterocycles. The van der Waals surface area contributed by atoms with Crippen LogP contribution >= 0.6 is 11.3 Å². The van der Waals surface area contributed by atoms with Crippen molar-refractivity contribution in [3.8, 4) is 10.4 Å². The maximum Gasteiger partial charge on any atom is 0.246 e. The summed E-state index contributed by atoms with van der Waals surface area (Å²) >= 11 is 1.60. The van der Waals surface area contributed by atoms with Crippen LogP contribution < -0.4 is 5.32 Å². The Kier molecular flexibility index (Phi) is 9.53. The highest BCUT2D eigenvalue weighted by atomic mass is 32.1. The molecule has 7 nitrogen and oxygen atoms in total. The highest BCUT2D eigenvalue weighted by molar-refractivity contribution is 7.13. The summed E-state index contributed by atoms with van der Waals surface area (Å²) < 4.78 is 0. The van der Waals surface area contributed by atoms with Crippen LogP contribution in [0.3, 0.4) is 0 Å². The van der Waals surface area contributed by atoms with Gasteiger partial charge in [-0.05, 0) is 41.9 Å². The molecule has 0 unspecified atom stereocenters. The highest BCUT2D eigenvalue weighted by Gasteiger charge is 2.44. The average Bonchev–Trinajstić information content (AvgIpc) is 3.54. The van der Waals surface area contributed by atoms with Crippen LogP contribution in [0.4, 0.5) is 0 Å². The van der Waals surface area contributed by atoms with E-state index in [1.165, 1.54) is 4.90 Å². The quantitative estimate of drug-likeness (QED) is 0.372. The van der Waals surface area contributed by atoms with Gasteiger partial charge >= 0.3 is 0 Å². The smallest absolute Gasteiger partial charge is 0.246 e. The maximum absolute atomic E-state index is 13.8. The summed E-state index contributed by atoms with van der Waals surface area (Å²) in [6.45, 7) is 7.77. The summed E-state index contributed by atoms with van der Waals surface area (Å²) in [7, 11) is 0. The van der Waals surface area contributed by atoms with Crippen LogP contribution in [0.25, 0.3) is 10.4 Å². The zero-order chi connectivity index (χ0) is 28.9. The number of β-amino-alcohol motifs (C(OH)–C–C–N with tert-alkyl or cyclic N) is 1. The molecule has 2 amide bonds. The lowest BCUT2D eigenvalue weighted by atomic mass is 9.85. The van der Waals surface area contributed by atoms with E-state index in [9.17, 15) is 19.5 Å². The third-order valence-corrected chi connectivity index (χ3v) is 8.43. The molecule has 2 N–H and O–H groups in total. The number of nitrogens with zero attached hydrogens (tertiary/aromatic N) is 2. The van der Waals surface area contributed by atoms with Crippen molar-refractivity contribution < 1.29 is 19.5 Å². The number of likely N-dealkylation sites (tertiary alicyclic amines) is 1. The van der Waals surface area contributed by atoms with Gasteiger partial charge in [0.25, 0.3) is 0 Å². The zero-order valence-electron chi connectivity index (χ0n) is 23.7. The van der Waals surface area contributed by atoms with E-state index in [2.05, 4.69) is 10.3 Å². The number of aliphatic hydroxyl groups excluding tert-OH is 1. The van der Waals surface area contributed by atoms with E-state index in [0.29, 0.717) is 12.8 Å². The molecular formula is C32H39N3O4S. The van der Waals surface area contributed by atoms with Crippen molar-refractivity contribution in [1.82, 2.24) is 15.2 Å². The van der Waals surface area contributed by atoms with Gasteiger partial charge in [-0.25, -0.2) is 4.98 Å². The van der Waals surface area contributed by atoms with Crippen LogP contribution in [0.2, 0.25) is 0 Å². The lowest BCUT2D eigenvalue weighted by molar-refractivity contribution is -0.143. The van der Waals surface area contributed by atoms with Gasteiger partial charge in [-0.1, -0.05) is 75.4 Å². The second kappa shape index (κ2) is 12.9. The number of amides is 2. The molecule has 3 atom stereocenters.